The molecule has 3 nitrogen and oxygen atoms in total. The zero-order chi connectivity index (χ0) is 10.4. The normalized spacial score (nSPS) is 17.6. The summed E-state index contributed by atoms with van der Waals surface area (Å²) in [7, 11) is 0. The van der Waals surface area contributed by atoms with E-state index in [0.29, 0.717) is 16.8 Å². The van der Waals surface area contributed by atoms with Gasteiger partial charge < -0.3 is 5.21 Å². The van der Waals surface area contributed by atoms with Crippen molar-refractivity contribution in [1.82, 2.24) is 0 Å². The predicted octanol–water partition coefficient (Wildman–Crippen LogP) is 1.64. The van der Waals surface area contributed by atoms with Crippen LogP contribution in [0.4, 0.5) is 0 Å². The van der Waals surface area contributed by atoms with Gasteiger partial charge in [0, 0.05) is 17.7 Å². The number of hydroxylamine groups is 1. The van der Waals surface area contributed by atoms with E-state index in [4.69, 9.17) is 0 Å². The minimum Gasteiger partial charge on any atom is -0.618 e. The molecule has 0 fully saturated rings. The lowest BCUT2D eigenvalue weighted by Gasteiger charge is -2.11. The fraction of sp³-hybridized carbons (Fsp3) is 0. The van der Waals surface area contributed by atoms with Gasteiger partial charge >= 0.3 is 0 Å². The first-order valence-electron chi connectivity index (χ1n) is 4.65. The van der Waals surface area contributed by atoms with Crippen LogP contribution in [0.1, 0.15) is 15.9 Å². The van der Waals surface area contributed by atoms with Gasteiger partial charge in [0.2, 0.25) is 5.71 Å². The van der Waals surface area contributed by atoms with Crippen molar-refractivity contribution in [3.8, 4) is 0 Å². The van der Waals surface area contributed by atoms with Crippen molar-refractivity contribution in [3.05, 3.63) is 64.5 Å². The summed E-state index contributed by atoms with van der Waals surface area (Å²) in [4.78, 5) is 11.7. The van der Waals surface area contributed by atoms with Gasteiger partial charge in [0.25, 0.3) is 0 Å². The van der Waals surface area contributed by atoms with E-state index in [-0.39, 0.29) is 5.78 Å². The van der Waals surface area contributed by atoms with Gasteiger partial charge in [-0.3, -0.25) is 4.79 Å². The van der Waals surface area contributed by atoms with Gasteiger partial charge in [-0.2, -0.15) is 4.74 Å². The van der Waals surface area contributed by atoms with Crippen LogP contribution in [0.5, 0.6) is 0 Å². The Labute approximate surface area is 86.2 Å². The summed E-state index contributed by atoms with van der Waals surface area (Å²) < 4.78 is 0.803. The summed E-state index contributed by atoms with van der Waals surface area (Å²) in [6.07, 6.45) is 4.60. The molecule has 0 saturated carbocycles. The second-order valence-electron chi connectivity index (χ2n) is 3.50. The second-order valence-corrected chi connectivity index (χ2v) is 3.50. The van der Waals surface area contributed by atoms with Gasteiger partial charge in [0.1, 0.15) is 0 Å². The first-order valence-corrected chi connectivity index (χ1v) is 4.65. The number of ketones is 1. The molecule has 3 rings (SSSR count). The van der Waals surface area contributed by atoms with E-state index in [1.165, 1.54) is 12.3 Å². The van der Waals surface area contributed by atoms with Crippen molar-refractivity contribution in [2.24, 2.45) is 0 Å². The van der Waals surface area contributed by atoms with Crippen molar-refractivity contribution in [2.45, 2.75) is 0 Å². The van der Waals surface area contributed by atoms with Crippen molar-refractivity contribution in [2.75, 3.05) is 0 Å². The zero-order valence-electron chi connectivity index (χ0n) is 7.81. The Hall–Kier alpha value is -2.16. The fourth-order valence-electron chi connectivity index (χ4n) is 1.94. The van der Waals surface area contributed by atoms with E-state index >= 15 is 0 Å². The number of carbonyl (C=O) groups excluding carboxylic acids is 1. The fourth-order valence-corrected chi connectivity index (χ4v) is 1.94. The Bertz CT molecular complexity index is 565. The zero-order valence-corrected chi connectivity index (χ0v) is 7.81. The molecule has 0 aromatic heterocycles. The van der Waals surface area contributed by atoms with Gasteiger partial charge in [-0.25, -0.2) is 0 Å². The van der Waals surface area contributed by atoms with Gasteiger partial charge in [-0.05, 0) is 6.07 Å². The Kier molecular flexibility index (Phi) is 1.45. The first-order chi connectivity index (χ1) is 7.27. The highest BCUT2D eigenvalue weighted by Crippen LogP contribution is 2.25. The van der Waals surface area contributed by atoms with Crippen LogP contribution in [-0.2, 0) is 0 Å². The van der Waals surface area contributed by atoms with Gasteiger partial charge in [0.15, 0.2) is 12.0 Å². The Balaban J connectivity index is 2.36. The highest BCUT2D eigenvalue weighted by atomic mass is 16.5. The van der Waals surface area contributed by atoms with Crippen LogP contribution in [0.15, 0.2) is 48.2 Å². The Morgan fingerprint density at radius 3 is 2.67 bits per heavy atom. The molecule has 3 heteroatoms. The summed E-state index contributed by atoms with van der Waals surface area (Å²) in [5.41, 5.74) is 2.60. The van der Waals surface area contributed by atoms with E-state index < -0.39 is 0 Å². The van der Waals surface area contributed by atoms with Gasteiger partial charge in [0.05, 0.1) is 11.1 Å². The predicted molar refractivity (Wildman–Crippen MR) is 55.7 cm³/mol. The molecule has 1 aromatic rings. The Morgan fingerprint density at radius 2 is 1.87 bits per heavy atom. The van der Waals surface area contributed by atoms with Crippen LogP contribution in [0.25, 0.3) is 0 Å². The maximum Gasteiger partial charge on any atom is 0.232 e. The highest BCUT2D eigenvalue weighted by molar-refractivity contribution is 6.26. The van der Waals surface area contributed by atoms with Crippen molar-refractivity contribution >= 4 is 11.5 Å². The first kappa shape index (κ1) is 8.17. The molecule has 0 saturated heterocycles. The number of benzene rings is 1. The minimum absolute atomic E-state index is 0.0377. The van der Waals surface area contributed by atoms with E-state index in [0.717, 1.165) is 10.3 Å². The number of rotatable bonds is 0. The summed E-state index contributed by atoms with van der Waals surface area (Å²) in [6, 6.07) is 7.17. The topological polar surface area (TPSA) is 43.1 Å². The van der Waals surface area contributed by atoms with Crippen LogP contribution in [0, 0.1) is 5.21 Å². The van der Waals surface area contributed by atoms with E-state index in [1.54, 1.807) is 24.3 Å². The average molecular weight is 197 g/mol. The number of hydrogen-bond acceptors (Lipinski definition) is 2. The molecule has 0 unspecified atom stereocenters. The molecule has 1 aliphatic heterocycles. The number of nitrogens with zero attached hydrogens (tertiary/aromatic N) is 1. The molecule has 15 heavy (non-hydrogen) atoms. The molecule has 0 atom stereocenters. The lowest BCUT2D eigenvalue weighted by molar-refractivity contribution is -0.373. The lowest BCUT2D eigenvalue weighted by Crippen LogP contribution is -2.19. The average Bonchev–Trinajstić information content (AvgIpc) is 2.61. The van der Waals surface area contributed by atoms with Crippen molar-refractivity contribution in [3.63, 3.8) is 0 Å². The molecule has 1 aromatic carbocycles. The number of hydrogen-bond donors (Lipinski definition) is 0. The summed E-state index contributed by atoms with van der Waals surface area (Å²) in [5, 5.41) is 11.5. The summed E-state index contributed by atoms with van der Waals surface area (Å²) in [5.74, 6) is -0.0377. The summed E-state index contributed by atoms with van der Waals surface area (Å²) in [6.45, 7) is 0. The van der Waals surface area contributed by atoms with E-state index in [9.17, 15) is 10.0 Å². The molecule has 72 valence electrons. The molecule has 0 N–H and O–H groups in total. The molecular weight excluding hydrogens is 190 g/mol. The maximum atomic E-state index is 11.7. The third-order valence-electron chi connectivity index (χ3n) is 2.62. The van der Waals surface area contributed by atoms with E-state index in [1.807, 2.05) is 6.07 Å². The van der Waals surface area contributed by atoms with Crippen LogP contribution >= 0.6 is 0 Å². The standard InChI is InChI=1S/C12H7NO2/c14-11-7-8-5-6-13(15)12(8)10-4-2-1-3-9(10)11/h1-7H. The van der Waals surface area contributed by atoms with Crippen LogP contribution in [-0.4, -0.2) is 16.2 Å². The SMILES string of the molecule is O=C1C=C2C=C[N+]([O-])=C2c2ccccc21. The molecular formula is C12H7NO2. The third-order valence-corrected chi connectivity index (χ3v) is 2.62. The maximum absolute atomic E-state index is 11.7. The molecule has 0 radical (unpaired) electrons. The quantitative estimate of drug-likeness (QED) is 0.468. The second kappa shape index (κ2) is 2.67. The van der Waals surface area contributed by atoms with Crippen LogP contribution < -0.4 is 0 Å². The van der Waals surface area contributed by atoms with Crippen molar-refractivity contribution in [1.29, 1.82) is 0 Å². The van der Waals surface area contributed by atoms with Gasteiger partial charge in [-0.15, -0.1) is 0 Å². The lowest BCUT2D eigenvalue weighted by atomic mass is 9.90. The van der Waals surface area contributed by atoms with Crippen LogP contribution in [0.3, 0.4) is 0 Å². The number of fused-ring (bicyclic) bond motifs is 3. The number of allylic oxidation sites excluding steroid dienone is 3. The highest BCUT2D eigenvalue weighted by Gasteiger charge is 2.30. The minimum atomic E-state index is -0.0377. The summed E-state index contributed by atoms with van der Waals surface area (Å²) >= 11 is 0. The van der Waals surface area contributed by atoms with Gasteiger partial charge in [-0.1, -0.05) is 18.2 Å². The molecule has 0 amide bonds. The Morgan fingerprint density at radius 1 is 1.13 bits per heavy atom. The van der Waals surface area contributed by atoms with E-state index in [2.05, 4.69) is 0 Å². The third kappa shape index (κ3) is 1.00. The van der Waals surface area contributed by atoms with Crippen molar-refractivity contribution < 1.29 is 9.53 Å². The molecule has 2 aliphatic rings. The largest absolute Gasteiger partial charge is 0.618 e. The molecule has 0 spiro atoms. The smallest absolute Gasteiger partial charge is 0.232 e. The van der Waals surface area contributed by atoms with Crippen LogP contribution in [0.2, 0.25) is 0 Å². The number of carbonyl (C=O) groups is 1. The molecule has 0 bridgehead atoms. The monoisotopic (exact) mass is 197 g/mol. The molecule has 1 heterocycles. The molecule has 1 aliphatic carbocycles.